The highest BCUT2D eigenvalue weighted by Gasteiger charge is 2.29. The molecule has 2 amide bonds. The van der Waals surface area contributed by atoms with E-state index in [0.29, 0.717) is 43.2 Å². The number of nitrogens with zero attached hydrogens (tertiary/aromatic N) is 3. The van der Waals surface area contributed by atoms with Crippen molar-refractivity contribution in [3.8, 4) is 0 Å². The van der Waals surface area contributed by atoms with Gasteiger partial charge in [0, 0.05) is 37.4 Å². The summed E-state index contributed by atoms with van der Waals surface area (Å²) in [6, 6.07) is 9.91. The third-order valence-corrected chi connectivity index (χ3v) is 6.15. The van der Waals surface area contributed by atoms with E-state index in [4.69, 9.17) is 23.2 Å². The molecule has 1 aliphatic heterocycles. The number of amides is 2. The molecule has 0 aliphatic carbocycles. The van der Waals surface area contributed by atoms with Gasteiger partial charge in [-0.3, -0.25) is 9.59 Å². The Hall–Kier alpha value is -1.96. The standard InChI is InChI=1S/C21H24Cl2N4O2S/c1-30-13-7-18(25-20(28)16-6-5-15(22)14-17(16)23)21(29)27-11-9-26(10-12-27)19-4-2-3-8-24-19/h2-6,8,14,18H,7,9-13H2,1H3,(H,25,28). The van der Waals surface area contributed by atoms with E-state index in [1.165, 1.54) is 6.07 Å². The molecule has 3 rings (SSSR count). The molecule has 1 fully saturated rings. The lowest BCUT2D eigenvalue weighted by atomic mass is 10.1. The number of hydrogen-bond acceptors (Lipinski definition) is 5. The molecule has 30 heavy (non-hydrogen) atoms. The van der Waals surface area contributed by atoms with Gasteiger partial charge in [0.2, 0.25) is 5.91 Å². The van der Waals surface area contributed by atoms with Crippen LogP contribution in [0, 0.1) is 0 Å². The summed E-state index contributed by atoms with van der Waals surface area (Å²) in [7, 11) is 0. The molecule has 1 saturated heterocycles. The Bertz CT molecular complexity index is 877. The Kier molecular flexibility index (Phi) is 8.24. The number of pyridine rings is 1. The molecule has 1 aromatic heterocycles. The van der Waals surface area contributed by atoms with E-state index in [0.717, 1.165) is 11.6 Å². The summed E-state index contributed by atoms with van der Waals surface area (Å²) in [5, 5.41) is 3.59. The maximum atomic E-state index is 13.2. The predicted octanol–water partition coefficient (Wildman–Crippen LogP) is 3.59. The van der Waals surface area contributed by atoms with Gasteiger partial charge in [-0.05, 0) is 48.8 Å². The molecular formula is C21H24Cl2N4O2S. The lowest BCUT2D eigenvalue weighted by molar-refractivity contribution is -0.133. The fourth-order valence-corrected chi connectivity index (χ4v) is 4.29. The van der Waals surface area contributed by atoms with Crippen molar-refractivity contribution in [1.29, 1.82) is 0 Å². The maximum absolute atomic E-state index is 13.2. The van der Waals surface area contributed by atoms with E-state index < -0.39 is 6.04 Å². The second-order valence-electron chi connectivity index (χ2n) is 6.93. The third-order valence-electron chi connectivity index (χ3n) is 4.95. The predicted molar refractivity (Wildman–Crippen MR) is 124 cm³/mol. The highest BCUT2D eigenvalue weighted by Crippen LogP contribution is 2.21. The van der Waals surface area contributed by atoms with Crippen molar-refractivity contribution >= 4 is 52.6 Å². The summed E-state index contributed by atoms with van der Waals surface area (Å²) >= 11 is 13.7. The summed E-state index contributed by atoms with van der Waals surface area (Å²) in [4.78, 5) is 34.3. The summed E-state index contributed by atoms with van der Waals surface area (Å²) in [6.45, 7) is 2.58. The fourth-order valence-electron chi connectivity index (χ4n) is 3.32. The van der Waals surface area contributed by atoms with Crippen molar-refractivity contribution in [1.82, 2.24) is 15.2 Å². The van der Waals surface area contributed by atoms with Gasteiger partial charge in [-0.2, -0.15) is 11.8 Å². The Morgan fingerprint density at radius 1 is 1.17 bits per heavy atom. The minimum absolute atomic E-state index is 0.0665. The van der Waals surface area contributed by atoms with Crippen LogP contribution >= 0.6 is 35.0 Å². The van der Waals surface area contributed by atoms with Gasteiger partial charge >= 0.3 is 0 Å². The first-order valence-electron chi connectivity index (χ1n) is 9.69. The Morgan fingerprint density at radius 3 is 2.57 bits per heavy atom. The Morgan fingerprint density at radius 2 is 1.93 bits per heavy atom. The number of aromatic nitrogens is 1. The van der Waals surface area contributed by atoms with Crippen LogP contribution in [0.1, 0.15) is 16.8 Å². The molecule has 1 N–H and O–H groups in total. The van der Waals surface area contributed by atoms with E-state index in [1.807, 2.05) is 29.4 Å². The number of anilines is 1. The highest BCUT2D eigenvalue weighted by atomic mass is 35.5. The SMILES string of the molecule is CSCCC(NC(=O)c1ccc(Cl)cc1Cl)C(=O)N1CCN(c2ccccn2)CC1. The first kappa shape index (κ1) is 22.7. The minimum atomic E-state index is -0.599. The molecule has 6 nitrogen and oxygen atoms in total. The van der Waals surface area contributed by atoms with Gasteiger partial charge in [0.1, 0.15) is 11.9 Å². The first-order valence-corrected chi connectivity index (χ1v) is 11.8. The second kappa shape index (κ2) is 10.9. The number of carbonyl (C=O) groups excluding carboxylic acids is 2. The van der Waals surface area contributed by atoms with Crippen LogP contribution < -0.4 is 10.2 Å². The molecular weight excluding hydrogens is 443 g/mol. The number of nitrogens with one attached hydrogen (secondary N) is 1. The van der Waals surface area contributed by atoms with Gasteiger partial charge in [-0.15, -0.1) is 0 Å². The molecule has 0 bridgehead atoms. The quantitative estimate of drug-likeness (QED) is 0.675. The normalized spacial score (nSPS) is 15.0. The van der Waals surface area contributed by atoms with Gasteiger partial charge in [0.15, 0.2) is 0 Å². The zero-order valence-corrected chi connectivity index (χ0v) is 19.0. The lowest BCUT2D eigenvalue weighted by Crippen LogP contribution is -2.55. The summed E-state index contributed by atoms with van der Waals surface area (Å²) < 4.78 is 0. The number of thioether (sulfide) groups is 1. The summed E-state index contributed by atoms with van der Waals surface area (Å²) in [5.41, 5.74) is 0.308. The Labute approximate surface area is 190 Å². The zero-order chi connectivity index (χ0) is 21.5. The van der Waals surface area contributed by atoms with Gasteiger partial charge < -0.3 is 15.1 Å². The van der Waals surface area contributed by atoms with Gasteiger partial charge in [-0.25, -0.2) is 4.98 Å². The number of hydrogen-bond donors (Lipinski definition) is 1. The van der Waals surface area contributed by atoms with E-state index in [-0.39, 0.29) is 16.8 Å². The first-order chi connectivity index (χ1) is 14.5. The van der Waals surface area contributed by atoms with Crippen LogP contribution in [0.4, 0.5) is 5.82 Å². The monoisotopic (exact) mass is 466 g/mol. The van der Waals surface area contributed by atoms with Gasteiger partial charge in [0.25, 0.3) is 5.91 Å². The fraction of sp³-hybridized carbons (Fsp3) is 0.381. The number of benzene rings is 1. The largest absolute Gasteiger partial charge is 0.353 e. The van der Waals surface area contributed by atoms with Crippen molar-refractivity contribution in [2.45, 2.75) is 12.5 Å². The van der Waals surface area contributed by atoms with Crippen molar-refractivity contribution < 1.29 is 9.59 Å². The molecule has 0 radical (unpaired) electrons. The van der Waals surface area contributed by atoms with Crippen LogP contribution in [0.2, 0.25) is 10.0 Å². The molecule has 0 saturated carbocycles. The van der Waals surface area contributed by atoms with Crippen LogP contribution in [0.15, 0.2) is 42.6 Å². The van der Waals surface area contributed by atoms with Crippen LogP contribution in [-0.4, -0.2) is 65.9 Å². The van der Waals surface area contributed by atoms with Crippen LogP contribution in [0.25, 0.3) is 0 Å². The molecule has 2 heterocycles. The molecule has 2 aromatic rings. The van der Waals surface area contributed by atoms with Gasteiger partial charge in [-0.1, -0.05) is 29.3 Å². The topological polar surface area (TPSA) is 65.5 Å². The minimum Gasteiger partial charge on any atom is -0.353 e. The van der Waals surface area contributed by atoms with Crippen molar-refractivity contribution in [3.63, 3.8) is 0 Å². The van der Waals surface area contributed by atoms with Crippen LogP contribution in [0.3, 0.4) is 0 Å². The highest BCUT2D eigenvalue weighted by molar-refractivity contribution is 7.98. The average Bonchev–Trinajstić information content (AvgIpc) is 2.76. The van der Waals surface area contributed by atoms with Crippen molar-refractivity contribution in [3.05, 3.63) is 58.2 Å². The number of halogens is 2. The lowest BCUT2D eigenvalue weighted by Gasteiger charge is -2.37. The molecule has 1 unspecified atom stereocenters. The van der Waals surface area contributed by atoms with E-state index in [1.54, 1.807) is 30.1 Å². The molecule has 1 aromatic carbocycles. The van der Waals surface area contributed by atoms with Crippen LogP contribution in [-0.2, 0) is 4.79 Å². The molecule has 9 heteroatoms. The number of carbonyl (C=O) groups is 2. The summed E-state index contributed by atoms with van der Waals surface area (Å²) in [6.07, 6.45) is 4.30. The van der Waals surface area contributed by atoms with Crippen molar-refractivity contribution in [2.75, 3.05) is 43.1 Å². The third kappa shape index (κ3) is 5.80. The Balaban J connectivity index is 1.64. The average molecular weight is 467 g/mol. The number of piperazine rings is 1. The maximum Gasteiger partial charge on any atom is 0.253 e. The van der Waals surface area contributed by atoms with Crippen molar-refractivity contribution in [2.24, 2.45) is 0 Å². The summed E-state index contributed by atoms with van der Waals surface area (Å²) in [5.74, 6) is 1.24. The molecule has 160 valence electrons. The molecule has 0 spiro atoms. The smallest absolute Gasteiger partial charge is 0.253 e. The zero-order valence-electron chi connectivity index (χ0n) is 16.7. The second-order valence-corrected chi connectivity index (χ2v) is 8.76. The van der Waals surface area contributed by atoms with E-state index >= 15 is 0 Å². The van der Waals surface area contributed by atoms with Gasteiger partial charge in [0.05, 0.1) is 10.6 Å². The molecule has 1 atom stereocenters. The molecule has 1 aliphatic rings. The van der Waals surface area contributed by atoms with E-state index in [9.17, 15) is 9.59 Å². The van der Waals surface area contributed by atoms with E-state index in [2.05, 4.69) is 15.2 Å². The van der Waals surface area contributed by atoms with Crippen LogP contribution in [0.5, 0.6) is 0 Å². The number of rotatable bonds is 7.